The van der Waals surface area contributed by atoms with Crippen molar-refractivity contribution in [3.63, 3.8) is 0 Å². The number of piperidine rings is 1. The second-order valence-electron chi connectivity index (χ2n) is 6.07. The fourth-order valence-electron chi connectivity index (χ4n) is 3.08. The van der Waals surface area contributed by atoms with Crippen molar-refractivity contribution in [1.29, 1.82) is 0 Å². The molecule has 0 aliphatic carbocycles. The molecule has 1 aromatic carbocycles. The lowest BCUT2D eigenvalue weighted by Crippen LogP contribution is -2.40. The van der Waals surface area contributed by atoms with Crippen LogP contribution in [0, 0.1) is 5.92 Å². The van der Waals surface area contributed by atoms with Gasteiger partial charge in [-0.3, -0.25) is 4.79 Å². The molecule has 1 heterocycles. The molecule has 5 nitrogen and oxygen atoms in total. The fraction of sp³-hybridized carbons (Fsp3) is 0.611. The standard InChI is InChI=1S/C18H27NO4/c1-22-16-9-8-14(11-17(16)23-2)5-3-7-18(21)19-10-4-6-15(12-19)13-20/h8-9,11,15,20H,3-7,10,12-13H2,1-2H3. The second-order valence-corrected chi connectivity index (χ2v) is 6.07. The van der Waals surface area contributed by atoms with Crippen molar-refractivity contribution in [3.8, 4) is 11.5 Å². The normalized spacial score (nSPS) is 17.9. The summed E-state index contributed by atoms with van der Waals surface area (Å²) in [6, 6.07) is 5.87. The molecule has 0 bridgehead atoms. The number of likely N-dealkylation sites (tertiary alicyclic amines) is 1. The fourth-order valence-corrected chi connectivity index (χ4v) is 3.08. The highest BCUT2D eigenvalue weighted by atomic mass is 16.5. The average Bonchev–Trinajstić information content (AvgIpc) is 2.61. The predicted octanol–water partition coefficient (Wildman–Crippen LogP) is 2.26. The lowest BCUT2D eigenvalue weighted by molar-refractivity contribution is -0.133. The number of carbonyl (C=O) groups is 1. The van der Waals surface area contributed by atoms with Crippen molar-refractivity contribution in [1.82, 2.24) is 4.90 Å². The van der Waals surface area contributed by atoms with Crippen molar-refractivity contribution in [2.45, 2.75) is 32.1 Å². The quantitative estimate of drug-likeness (QED) is 0.837. The first kappa shape index (κ1) is 17.6. The minimum atomic E-state index is 0.176. The van der Waals surface area contributed by atoms with Crippen LogP contribution in [0.3, 0.4) is 0 Å². The van der Waals surface area contributed by atoms with Gasteiger partial charge >= 0.3 is 0 Å². The summed E-state index contributed by atoms with van der Waals surface area (Å²) in [6.07, 6.45) is 4.21. The van der Waals surface area contributed by atoms with E-state index < -0.39 is 0 Å². The summed E-state index contributed by atoms with van der Waals surface area (Å²) >= 11 is 0. The molecule has 128 valence electrons. The van der Waals surface area contributed by atoms with Gasteiger partial charge < -0.3 is 19.5 Å². The first-order chi connectivity index (χ1) is 11.2. The number of aliphatic hydroxyl groups excluding tert-OH is 1. The Labute approximate surface area is 138 Å². The monoisotopic (exact) mass is 321 g/mol. The lowest BCUT2D eigenvalue weighted by atomic mass is 9.98. The Balaban J connectivity index is 1.81. The molecular weight excluding hydrogens is 294 g/mol. The van der Waals surface area contributed by atoms with Gasteiger partial charge in [-0.05, 0) is 49.3 Å². The molecule has 0 saturated carbocycles. The molecular formula is C18H27NO4. The summed E-state index contributed by atoms with van der Waals surface area (Å²) < 4.78 is 10.5. The first-order valence-corrected chi connectivity index (χ1v) is 8.27. The Hall–Kier alpha value is -1.75. The third-order valence-corrected chi connectivity index (χ3v) is 4.43. The molecule has 5 heteroatoms. The molecule has 1 amide bonds. The maximum Gasteiger partial charge on any atom is 0.222 e. The number of hydrogen-bond acceptors (Lipinski definition) is 4. The van der Waals surface area contributed by atoms with Crippen LogP contribution in [0.4, 0.5) is 0 Å². The van der Waals surface area contributed by atoms with Crippen LogP contribution < -0.4 is 9.47 Å². The molecule has 1 atom stereocenters. The molecule has 0 radical (unpaired) electrons. The number of methoxy groups -OCH3 is 2. The Morgan fingerprint density at radius 1 is 1.30 bits per heavy atom. The molecule has 1 aromatic rings. The summed E-state index contributed by atoms with van der Waals surface area (Å²) in [7, 11) is 3.24. The SMILES string of the molecule is COc1ccc(CCCC(=O)N2CCCC(CO)C2)cc1OC. The zero-order valence-corrected chi connectivity index (χ0v) is 14.1. The van der Waals surface area contributed by atoms with Crippen LogP contribution >= 0.6 is 0 Å². The minimum absolute atomic E-state index is 0.176. The molecule has 1 N–H and O–H groups in total. The lowest BCUT2D eigenvalue weighted by Gasteiger charge is -2.32. The molecule has 2 rings (SSSR count). The van der Waals surface area contributed by atoms with Crippen LogP contribution in [0.2, 0.25) is 0 Å². The van der Waals surface area contributed by atoms with Gasteiger partial charge in [0.05, 0.1) is 14.2 Å². The van der Waals surface area contributed by atoms with E-state index in [4.69, 9.17) is 9.47 Å². The highest BCUT2D eigenvalue weighted by molar-refractivity contribution is 5.76. The number of carbonyl (C=O) groups excluding carboxylic acids is 1. The van der Waals surface area contributed by atoms with Crippen molar-refractivity contribution >= 4 is 5.91 Å². The van der Waals surface area contributed by atoms with Crippen molar-refractivity contribution in [2.24, 2.45) is 5.92 Å². The number of rotatable bonds is 7. The van der Waals surface area contributed by atoms with Gasteiger partial charge in [0.15, 0.2) is 11.5 Å². The number of nitrogens with zero attached hydrogens (tertiary/aromatic N) is 1. The molecule has 1 fully saturated rings. The van der Waals surface area contributed by atoms with Gasteiger partial charge in [-0.1, -0.05) is 6.07 Å². The largest absolute Gasteiger partial charge is 0.493 e. The third-order valence-electron chi connectivity index (χ3n) is 4.43. The van der Waals surface area contributed by atoms with Crippen molar-refractivity contribution < 1.29 is 19.4 Å². The summed E-state index contributed by atoms with van der Waals surface area (Å²) in [6.45, 7) is 1.70. The van der Waals surface area contributed by atoms with Crippen LogP contribution in [-0.2, 0) is 11.2 Å². The van der Waals surface area contributed by atoms with Gasteiger partial charge in [0.2, 0.25) is 5.91 Å². The molecule has 23 heavy (non-hydrogen) atoms. The van der Waals surface area contributed by atoms with E-state index in [1.807, 2.05) is 23.1 Å². The van der Waals surface area contributed by atoms with Gasteiger partial charge in [0.25, 0.3) is 0 Å². The molecule has 0 spiro atoms. The molecule has 1 aliphatic rings. The number of aryl methyl sites for hydroxylation is 1. The molecule has 1 saturated heterocycles. The first-order valence-electron chi connectivity index (χ1n) is 8.27. The second kappa shape index (κ2) is 8.77. The van der Waals surface area contributed by atoms with Gasteiger partial charge in [0.1, 0.15) is 0 Å². The zero-order chi connectivity index (χ0) is 16.7. The summed E-state index contributed by atoms with van der Waals surface area (Å²) in [5.74, 6) is 1.89. The van der Waals surface area contributed by atoms with Crippen LogP contribution in [0.5, 0.6) is 11.5 Å². The number of hydrogen-bond donors (Lipinski definition) is 1. The average molecular weight is 321 g/mol. The van der Waals surface area contributed by atoms with E-state index in [9.17, 15) is 9.90 Å². The van der Waals surface area contributed by atoms with Crippen molar-refractivity contribution in [2.75, 3.05) is 33.9 Å². The van der Waals surface area contributed by atoms with Crippen LogP contribution in [-0.4, -0.2) is 49.8 Å². The van der Waals surface area contributed by atoms with E-state index in [0.29, 0.717) is 13.0 Å². The predicted molar refractivity (Wildman–Crippen MR) is 88.9 cm³/mol. The highest BCUT2D eigenvalue weighted by Gasteiger charge is 2.22. The topological polar surface area (TPSA) is 59.0 Å². The highest BCUT2D eigenvalue weighted by Crippen LogP contribution is 2.28. The third kappa shape index (κ3) is 4.86. The van der Waals surface area contributed by atoms with Gasteiger partial charge in [-0.2, -0.15) is 0 Å². The molecule has 1 unspecified atom stereocenters. The smallest absolute Gasteiger partial charge is 0.222 e. The summed E-state index contributed by atoms with van der Waals surface area (Å²) in [5.41, 5.74) is 1.14. The van der Waals surface area contributed by atoms with Crippen LogP contribution in [0.25, 0.3) is 0 Å². The summed E-state index contributed by atoms with van der Waals surface area (Å²) in [5, 5.41) is 9.25. The number of aliphatic hydroxyl groups is 1. The maximum atomic E-state index is 12.3. The van der Waals surface area contributed by atoms with Gasteiger partial charge in [0, 0.05) is 26.1 Å². The number of amides is 1. The van der Waals surface area contributed by atoms with E-state index in [1.165, 1.54) is 0 Å². The summed E-state index contributed by atoms with van der Waals surface area (Å²) in [4.78, 5) is 14.2. The van der Waals surface area contributed by atoms with E-state index in [0.717, 1.165) is 49.3 Å². The van der Waals surface area contributed by atoms with E-state index >= 15 is 0 Å². The number of benzene rings is 1. The Morgan fingerprint density at radius 2 is 2.09 bits per heavy atom. The van der Waals surface area contributed by atoms with E-state index in [2.05, 4.69) is 0 Å². The van der Waals surface area contributed by atoms with Gasteiger partial charge in [-0.25, -0.2) is 0 Å². The Morgan fingerprint density at radius 3 is 2.78 bits per heavy atom. The molecule has 1 aliphatic heterocycles. The Kier molecular flexibility index (Phi) is 6.71. The number of ether oxygens (including phenoxy) is 2. The van der Waals surface area contributed by atoms with Crippen LogP contribution in [0.1, 0.15) is 31.2 Å². The Bertz CT molecular complexity index is 518. The van der Waals surface area contributed by atoms with Gasteiger partial charge in [-0.15, -0.1) is 0 Å². The van der Waals surface area contributed by atoms with E-state index in [1.54, 1.807) is 14.2 Å². The van der Waals surface area contributed by atoms with Crippen molar-refractivity contribution in [3.05, 3.63) is 23.8 Å². The maximum absolute atomic E-state index is 12.3. The van der Waals surface area contributed by atoms with E-state index in [-0.39, 0.29) is 18.4 Å². The van der Waals surface area contributed by atoms with Crippen LogP contribution in [0.15, 0.2) is 18.2 Å². The zero-order valence-electron chi connectivity index (χ0n) is 14.1. The molecule has 0 aromatic heterocycles. The minimum Gasteiger partial charge on any atom is -0.493 e.